The molecular formula is C10H14FNO4S2. The molecule has 5 nitrogen and oxygen atoms in total. The summed E-state index contributed by atoms with van der Waals surface area (Å²) in [5.41, 5.74) is 0. The highest BCUT2D eigenvalue weighted by atomic mass is 32.2. The van der Waals surface area contributed by atoms with Gasteiger partial charge < -0.3 is 0 Å². The molecule has 0 saturated heterocycles. The van der Waals surface area contributed by atoms with Crippen molar-refractivity contribution in [3.8, 4) is 0 Å². The fourth-order valence-corrected chi connectivity index (χ4v) is 3.90. The molecule has 0 aromatic heterocycles. The van der Waals surface area contributed by atoms with Gasteiger partial charge in [-0.2, -0.15) is 0 Å². The Bertz CT molecular complexity index is 625. The molecule has 1 aromatic rings. The third-order valence-electron chi connectivity index (χ3n) is 2.04. The Morgan fingerprint density at radius 3 is 2.28 bits per heavy atom. The molecule has 0 amide bonds. The molecule has 0 radical (unpaired) electrons. The van der Waals surface area contributed by atoms with Gasteiger partial charge in [0, 0.05) is 12.3 Å². The van der Waals surface area contributed by atoms with E-state index in [1.165, 1.54) is 19.1 Å². The number of nitrogens with one attached hydrogen (secondary N) is 1. The van der Waals surface area contributed by atoms with E-state index in [0.29, 0.717) is 0 Å². The summed E-state index contributed by atoms with van der Waals surface area (Å²) in [6.07, 6.45) is 1.00. The normalized spacial score (nSPS) is 14.4. The molecule has 8 heteroatoms. The second-order valence-corrected chi connectivity index (χ2v) is 7.91. The van der Waals surface area contributed by atoms with E-state index in [4.69, 9.17) is 0 Å². The van der Waals surface area contributed by atoms with Gasteiger partial charge in [-0.25, -0.2) is 25.9 Å². The highest BCUT2D eigenvalue weighted by Crippen LogP contribution is 2.13. The van der Waals surface area contributed by atoms with Gasteiger partial charge in [0.05, 0.1) is 5.75 Å². The maximum absolute atomic E-state index is 13.3. The first-order valence-electron chi connectivity index (χ1n) is 5.06. The van der Waals surface area contributed by atoms with Crippen molar-refractivity contribution in [2.45, 2.75) is 17.9 Å². The predicted molar refractivity (Wildman–Crippen MR) is 65.9 cm³/mol. The summed E-state index contributed by atoms with van der Waals surface area (Å²) in [5, 5.41) is 0. The molecule has 1 aromatic carbocycles. The van der Waals surface area contributed by atoms with Crippen molar-refractivity contribution in [2.75, 3.05) is 12.0 Å². The molecule has 0 aliphatic carbocycles. The summed E-state index contributed by atoms with van der Waals surface area (Å²) < 4.78 is 61.1. The monoisotopic (exact) mass is 295 g/mol. The summed E-state index contributed by atoms with van der Waals surface area (Å²) in [4.78, 5) is -0.495. The second-order valence-electron chi connectivity index (χ2n) is 4.05. The van der Waals surface area contributed by atoms with Crippen LogP contribution in [0.15, 0.2) is 29.2 Å². The van der Waals surface area contributed by atoms with Crippen molar-refractivity contribution < 1.29 is 21.2 Å². The zero-order chi connectivity index (χ0) is 14.0. The lowest BCUT2D eigenvalue weighted by atomic mass is 10.4. The Morgan fingerprint density at radius 2 is 1.78 bits per heavy atom. The molecule has 1 N–H and O–H groups in total. The first kappa shape index (κ1) is 15.1. The van der Waals surface area contributed by atoms with Crippen LogP contribution >= 0.6 is 0 Å². The van der Waals surface area contributed by atoms with Crippen LogP contribution in [0.3, 0.4) is 0 Å². The van der Waals surface area contributed by atoms with Crippen molar-refractivity contribution in [1.82, 2.24) is 4.72 Å². The molecular weight excluding hydrogens is 281 g/mol. The second kappa shape index (κ2) is 5.33. The number of rotatable bonds is 5. The van der Waals surface area contributed by atoms with Crippen LogP contribution in [0.25, 0.3) is 0 Å². The first-order valence-corrected chi connectivity index (χ1v) is 8.61. The van der Waals surface area contributed by atoms with E-state index in [-0.39, 0.29) is 5.75 Å². The molecule has 0 aliphatic heterocycles. The van der Waals surface area contributed by atoms with E-state index in [1.807, 2.05) is 0 Å². The Balaban J connectivity index is 2.93. The summed E-state index contributed by atoms with van der Waals surface area (Å²) in [5.74, 6) is -1.22. The van der Waals surface area contributed by atoms with Gasteiger partial charge in [-0.3, -0.25) is 0 Å². The molecule has 0 spiro atoms. The van der Waals surface area contributed by atoms with Crippen molar-refractivity contribution in [3.05, 3.63) is 30.1 Å². The van der Waals surface area contributed by atoms with E-state index < -0.39 is 36.6 Å². The smallest absolute Gasteiger partial charge is 0.229 e. The first-order chi connectivity index (χ1) is 8.12. The number of hydrogen-bond acceptors (Lipinski definition) is 4. The van der Waals surface area contributed by atoms with Gasteiger partial charge in [0.1, 0.15) is 20.5 Å². The van der Waals surface area contributed by atoms with Crippen LogP contribution in [0, 0.1) is 5.82 Å². The lowest BCUT2D eigenvalue weighted by Crippen LogP contribution is -2.37. The highest BCUT2D eigenvalue weighted by molar-refractivity contribution is 7.91. The van der Waals surface area contributed by atoms with Gasteiger partial charge in [0.2, 0.25) is 10.0 Å². The van der Waals surface area contributed by atoms with Crippen molar-refractivity contribution in [2.24, 2.45) is 0 Å². The summed E-state index contributed by atoms with van der Waals surface area (Å²) in [6, 6.07) is 4.07. The molecule has 18 heavy (non-hydrogen) atoms. The van der Waals surface area contributed by atoms with Crippen LogP contribution in [0.5, 0.6) is 0 Å². The van der Waals surface area contributed by atoms with E-state index in [1.54, 1.807) is 0 Å². The van der Waals surface area contributed by atoms with Crippen LogP contribution in [-0.4, -0.2) is 34.9 Å². The number of hydrogen-bond donors (Lipinski definition) is 1. The fourth-order valence-electron chi connectivity index (χ4n) is 1.48. The Labute approximate surface area is 106 Å². The molecule has 0 fully saturated rings. The van der Waals surface area contributed by atoms with Gasteiger partial charge in [0.25, 0.3) is 0 Å². The number of halogens is 1. The summed E-state index contributed by atoms with van der Waals surface area (Å²) in [7, 11) is -7.36. The van der Waals surface area contributed by atoms with Crippen molar-refractivity contribution >= 4 is 19.9 Å². The maximum atomic E-state index is 13.3. The molecule has 1 atom stereocenters. The van der Waals surface area contributed by atoms with Crippen LogP contribution in [0.2, 0.25) is 0 Å². The Morgan fingerprint density at radius 1 is 1.22 bits per heavy atom. The quantitative estimate of drug-likeness (QED) is 0.859. The molecule has 1 unspecified atom stereocenters. The average Bonchev–Trinajstić information content (AvgIpc) is 2.13. The fraction of sp³-hybridized carbons (Fsp3) is 0.400. The van der Waals surface area contributed by atoms with E-state index in [2.05, 4.69) is 4.72 Å². The average molecular weight is 295 g/mol. The number of sulfonamides is 1. The molecule has 0 saturated carbocycles. The molecule has 102 valence electrons. The molecule has 0 bridgehead atoms. The van der Waals surface area contributed by atoms with Gasteiger partial charge in [-0.15, -0.1) is 0 Å². The minimum absolute atomic E-state index is 0.347. The highest BCUT2D eigenvalue weighted by Gasteiger charge is 2.22. The summed E-state index contributed by atoms with van der Waals surface area (Å²) >= 11 is 0. The van der Waals surface area contributed by atoms with Gasteiger partial charge in [-0.1, -0.05) is 12.1 Å². The van der Waals surface area contributed by atoms with Gasteiger partial charge in [-0.05, 0) is 19.1 Å². The Kier molecular flexibility index (Phi) is 4.46. The third kappa shape index (κ3) is 4.35. The van der Waals surface area contributed by atoms with Crippen LogP contribution in [-0.2, 0) is 19.9 Å². The van der Waals surface area contributed by atoms with Crippen molar-refractivity contribution in [1.29, 1.82) is 0 Å². The number of benzene rings is 1. The van der Waals surface area contributed by atoms with E-state index in [9.17, 15) is 21.2 Å². The largest absolute Gasteiger partial charge is 0.243 e. The maximum Gasteiger partial charge on any atom is 0.243 e. The van der Waals surface area contributed by atoms with Crippen LogP contribution in [0.1, 0.15) is 6.92 Å². The van der Waals surface area contributed by atoms with Crippen LogP contribution in [0.4, 0.5) is 4.39 Å². The lowest BCUT2D eigenvalue weighted by Gasteiger charge is -2.13. The van der Waals surface area contributed by atoms with Crippen molar-refractivity contribution in [3.63, 3.8) is 0 Å². The van der Waals surface area contributed by atoms with Gasteiger partial charge in [0.15, 0.2) is 0 Å². The zero-order valence-electron chi connectivity index (χ0n) is 9.92. The molecule has 1 rings (SSSR count). The zero-order valence-corrected chi connectivity index (χ0v) is 11.6. The SMILES string of the molecule is CC(CS(C)(=O)=O)NS(=O)(=O)c1ccccc1F. The third-order valence-corrected chi connectivity index (χ3v) is 4.76. The van der Waals surface area contributed by atoms with E-state index >= 15 is 0 Å². The topological polar surface area (TPSA) is 80.3 Å². The predicted octanol–water partition coefficient (Wildman–Crippen LogP) is 0.537. The van der Waals surface area contributed by atoms with Gasteiger partial charge >= 0.3 is 0 Å². The number of sulfone groups is 1. The standard InChI is InChI=1S/C10H14FNO4S2/c1-8(7-17(2,13)14)12-18(15,16)10-6-4-3-5-9(10)11/h3-6,8,12H,7H2,1-2H3. The molecule has 0 heterocycles. The summed E-state index contributed by atoms with van der Waals surface area (Å²) in [6.45, 7) is 1.40. The minimum atomic E-state index is -4.05. The van der Waals surface area contributed by atoms with Crippen LogP contribution < -0.4 is 4.72 Å². The lowest BCUT2D eigenvalue weighted by molar-refractivity contribution is 0.547. The minimum Gasteiger partial charge on any atom is -0.229 e. The Hall–Kier alpha value is -0.990. The van der Waals surface area contributed by atoms with E-state index in [0.717, 1.165) is 18.4 Å². The molecule has 0 aliphatic rings.